The van der Waals surface area contributed by atoms with Gasteiger partial charge >= 0.3 is 0 Å². The van der Waals surface area contributed by atoms with Crippen LogP contribution in [0.2, 0.25) is 0 Å². The van der Waals surface area contributed by atoms with Crippen LogP contribution < -0.4 is 4.74 Å². The van der Waals surface area contributed by atoms with E-state index in [2.05, 4.69) is 4.90 Å². The van der Waals surface area contributed by atoms with Gasteiger partial charge in [-0.15, -0.1) is 0 Å². The zero-order valence-electron chi connectivity index (χ0n) is 17.7. The van der Waals surface area contributed by atoms with Gasteiger partial charge < -0.3 is 14.4 Å². The molecule has 3 heterocycles. The first kappa shape index (κ1) is 21.5. The molecule has 0 N–H and O–H groups in total. The number of likely N-dealkylation sites (tertiary alicyclic amines) is 2. The van der Waals surface area contributed by atoms with Crippen molar-refractivity contribution in [1.29, 1.82) is 0 Å². The van der Waals surface area contributed by atoms with E-state index in [1.807, 2.05) is 29.2 Å². The minimum Gasteiger partial charge on any atom is -0.497 e. The van der Waals surface area contributed by atoms with Crippen LogP contribution in [0, 0.1) is 0 Å². The third-order valence-electron chi connectivity index (χ3n) is 6.59. The summed E-state index contributed by atoms with van der Waals surface area (Å²) in [4.78, 5) is 15.9. The van der Waals surface area contributed by atoms with E-state index in [0.29, 0.717) is 19.1 Å². The highest BCUT2D eigenvalue weighted by atomic mass is 32.2. The van der Waals surface area contributed by atoms with E-state index in [-0.39, 0.29) is 30.4 Å². The quantitative estimate of drug-likeness (QED) is 0.697. The van der Waals surface area contributed by atoms with Gasteiger partial charge in [0.2, 0.25) is 15.9 Å². The second-order valence-corrected chi connectivity index (χ2v) is 10.4. The van der Waals surface area contributed by atoms with Crippen LogP contribution in [0.5, 0.6) is 5.75 Å². The zero-order chi connectivity index (χ0) is 21.3. The Morgan fingerprint density at radius 2 is 1.87 bits per heavy atom. The Labute approximate surface area is 178 Å². The van der Waals surface area contributed by atoms with Gasteiger partial charge in [0.25, 0.3) is 0 Å². The van der Waals surface area contributed by atoms with Crippen LogP contribution in [0.3, 0.4) is 0 Å². The molecule has 9 heteroatoms. The number of rotatable bonds is 4. The molecule has 0 bridgehead atoms. The van der Waals surface area contributed by atoms with Gasteiger partial charge in [-0.1, -0.05) is 12.1 Å². The molecule has 30 heavy (non-hydrogen) atoms. The van der Waals surface area contributed by atoms with Gasteiger partial charge in [-0.25, -0.2) is 8.42 Å². The summed E-state index contributed by atoms with van der Waals surface area (Å²) < 4.78 is 38.9. The zero-order valence-corrected chi connectivity index (χ0v) is 18.5. The van der Waals surface area contributed by atoms with Crippen molar-refractivity contribution < 1.29 is 22.7 Å². The molecule has 1 amide bonds. The van der Waals surface area contributed by atoms with Crippen molar-refractivity contribution in [2.24, 2.45) is 0 Å². The number of fused-ring (bicyclic) bond motifs is 1. The highest BCUT2D eigenvalue weighted by molar-refractivity contribution is 7.89. The van der Waals surface area contributed by atoms with Crippen LogP contribution in [-0.2, 0) is 26.1 Å². The van der Waals surface area contributed by atoms with Crippen LogP contribution in [0.4, 0.5) is 0 Å². The van der Waals surface area contributed by atoms with E-state index in [4.69, 9.17) is 9.47 Å². The fourth-order valence-electron chi connectivity index (χ4n) is 4.82. The average Bonchev–Trinajstić information content (AvgIpc) is 3.11. The van der Waals surface area contributed by atoms with Crippen LogP contribution in [-0.4, -0.2) is 92.3 Å². The van der Waals surface area contributed by atoms with Crippen molar-refractivity contribution in [3.63, 3.8) is 0 Å². The minimum atomic E-state index is -3.40. The topological polar surface area (TPSA) is 79.4 Å². The third kappa shape index (κ3) is 4.49. The first-order chi connectivity index (χ1) is 14.4. The first-order valence-electron chi connectivity index (χ1n) is 10.6. The van der Waals surface area contributed by atoms with Gasteiger partial charge in [0, 0.05) is 45.7 Å². The Kier molecular flexibility index (Phi) is 6.34. The Hall–Kier alpha value is -1.68. The predicted octanol–water partition coefficient (Wildman–Crippen LogP) is 0.921. The Balaban J connectivity index is 1.49. The molecule has 4 rings (SSSR count). The van der Waals surface area contributed by atoms with Gasteiger partial charge in [-0.2, -0.15) is 4.31 Å². The molecular weight excluding hydrogens is 406 g/mol. The maximum atomic E-state index is 13.0. The molecule has 0 unspecified atom stereocenters. The fourth-order valence-corrected chi connectivity index (χ4v) is 6.33. The summed E-state index contributed by atoms with van der Waals surface area (Å²) >= 11 is 0. The molecule has 0 spiro atoms. The highest BCUT2D eigenvalue weighted by Crippen LogP contribution is 2.30. The lowest BCUT2D eigenvalue weighted by molar-refractivity contribution is -0.130. The molecule has 166 valence electrons. The lowest BCUT2D eigenvalue weighted by atomic mass is 10.0. The molecule has 3 aliphatic heterocycles. The Morgan fingerprint density at radius 3 is 2.50 bits per heavy atom. The number of methoxy groups -OCH3 is 1. The van der Waals surface area contributed by atoms with Crippen molar-refractivity contribution in [3.8, 4) is 5.75 Å². The molecule has 0 radical (unpaired) electrons. The maximum absolute atomic E-state index is 13.0. The van der Waals surface area contributed by atoms with Gasteiger partial charge in [0.15, 0.2) is 0 Å². The van der Waals surface area contributed by atoms with Crippen molar-refractivity contribution in [3.05, 3.63) is 29.8 Å². The number of hydrogen-bond donors (Lipinski definition) is 0. The molecule has 3 fully saturated rings. The number of carbonyl (C=O) groups is 1. The highest BCUT2D eigenvalue weighted by Gasteiger charge is 2.46. The largest absolute Gasteiger partial charge is 0.497 e. The summed E-state index contributed by atoms with van der Waals surface area (Å²) in [5, 5.41) is 0. The van der Waals surface area contributed by atoms with Crippen LogP contribution >= 0.6 is 0 Å². The predicted molar refractivity (Wildman–Crippen MR) is 113 cm³/mol. The standard InChI is InChI=1S/C21H31N3O5S/c1-16(25)22-9-7-18(8-10-22)23-14-20-21(15-23)29-11-12-30(26,27)24(20)13-17-3-5-19(28-2)6-4-17/h3-6,18,20-21H,7-15H2,1-2H3/t20-,21+/m1/s1. The summed E-state index contributed by atoms with van der Waals surface area (Å²) in [6.07, 6.45) is 1.72. The van der Waals surface area contributed by atoms with Crippen molar-refractivity contribution in [2.75, 3.05) is 45.6 Å². The van der Waals surface area contributed by atoms with Gasteiger partial charge in [-0.05, 0) is 30.5 Å². The number of ether oxygens (including phenoxy) is 2. The van der Waals surface area contributed by atoms with Crippen LogP contribution in [0.15, 0.2) is 24.3 Å². The first-order valence-corrected chi connectivity index (χ1v) is 12.2. The SMILES string of the molecule is COc1ccc(CN2[C@@H]3CN(C4CCN(C(C)=O)CC4)C[C@@H]3OCCS2(=O)=O)cc1. The Morgan fingerprint density at radius 1 is 1.17 bits per heavy atom. The van der Waals surface area contributed by atoms with E-state index < -0.39 is 10.0 Å². The fraction of sp³-hybridized carbons (Fsp3) is 0.667. The number of amides is 1. The Bertz CT molecular complexity index is 852. The molecule has 3 aliphatic rings. The summed E-state index contributed by atoms with van der Waals surface area (Å²) in [7, 11) is -1.79. The average molecular weight is 438 g/mol. The molecule has 1 aromatic rings. The molecule has 3 saturated heterocycles. The smallest absolute Gasteiger partial charge is 0.219 e. The number of sulfonamides is 1. The van der Waals surface area contributed by atoms with E-state index in [0.717, 1.165) is 43.8 Å². The summed E-state index contributed by atoms with van der Waals surface area (Å²) in [6, 6.07) is 7.72. The summed E-state index contributed by atoms with van der Waals surface area (Å²) in [5.74, 6) is 0.899. The van der Waals surface area contributed by atoms with Crippen LogP contribution in [0.1, 0.15) is 25.3 Å². The second kappa shape index (κ2) is 8.82. The van der Waals surface area contributed by atoms with E-state index in [1.165, 1.54) is 0 Å². The normalized spacial score (nSPS) is 28.1. The van der Waals surface area contributed by atoms with Crippen LogP contribution in [0.25, 0.3) is 0 Å². The number of benzene rings is 1. The molecule has 8 nitrogen and oxygen atoms in total. The lowest BCUT2D eigenvalue weighted by Gasteiger charge is -2.36. The van der Waals surface area contributed by atoms with E-state index >= 15 is 0 Å². The molecule has 0 saturated carbocycles. The molecule has 1 aromatic carbocycles. The van der Waals surface area contributed by atoms with Gasteiger partial charge in [0.1, 0.15) is 5.75 Å². The van der Waals surface area contributed by atoms with Crippen molar-refractivity contribution >= 4 is 15.9 Å². The van der Waals surface area contributed by atoms with E-state index in [1.54, 1.807) is 18.3 Å². The number of piperidine rings is 1. The van der Waals surface area contributed by atoms with E-state index in [9.17, 15) is 13.2 Å². The molecular formula is C21H31N3O5S. The number of carbonyl (C=O) groups excluding carboxylic acids is 1. The lowest BCUT2D eigenvalue weighted by Crippen LogP contribution is -2.47. The number of nitrogens with zero attached hydrogens (tertiary/aromatic N) is 3. The minimum absolute atomic E-state index is 0.0210. The number of hydrogen-bond acceptors (Lipinski definition) is 6. The third-order valence-corrected chi connectivity index (χ3v) is 8.39. The molecule has 0 aromatic heterocycles. The monoisotopic (exact) mass is 437 g/mol. The van der Waals surface area contributed by atoms with Crippen molar-refractivity contribution in [1.82, 2.24) is 14.1 Å². The van der Waals surface area contributed by atoms with Gasteiger partial charge in [-0.3, -0.25) is 9.69 Å². The maximum Gasteiger partial charge on any atom is 0.219 e. The van der Waals surface area contributed by atoms with Gasteiger partial charge in [0.05, 0.1) is 31.6 Å². The summed E-state index contributed by atoms with van der Waals surface area (Å²) in [5.41, 5.74) is 0.938. The summed E-state index contributed by atoms with van der Waals surface area (Å²) in [6.45, 7) is 5.13. The molecule has 2 atom stereocenters. The second-order valence-electron chi connectivity index (χ2n) is 8.38. The molecule has 0 aliphatic carbocycles. The van der Waals surface area contributed by atoms with Crippen molar-refractivity contribution in [2.45, 2.75) is 44.5 Å².